The van der Waals surface area contributed by atoms with Crippen molar-refractivity contribution in [3.63, 3.8) is 0 Å². The number of amides is 1. The Kier molecular flexibility index (Phi) is 4.92. The minimum Gasteiger partial charge on any atom is -0.335 e. The number of aryl methyl sites for hydroxylation is 1. The minimum absolute atomic E-state index is 0.173. The Morgan fingerprint density at radius 2 is 2.25 bits per heavy atom. The lowest BCUT2D eigenvalue weighted by Crippen LogP contribution is -2.41. The van der Waals surface area contributed by atoms with Gasteiger partial charge in [-0.05, 0) is 18.9 Å². The lowest BCUT2D eigenvalue weighted by Gasteiger charge is -2.34. The lowest BCUT2D eigenvalue weighted by molar-refractivity contribution is 0.0654. The molecule has 0 aliphatic carbocycles. The van der Waals surface area contributed by atoms with Crippen molar-refractivity contribution in [2.45, 2.75) is 45.2 Å². The molecule has 1 saturated heterocycles. The summed E-state index contributed by atoms with van der Waals surface area (Å²) in [6.07, 6.45) is 5.25. The molecule has 2 aromatic heterocycles. The molecule has 0 bridgehead atoms. The second-order valence-electron chi connectivity index (χ2n) is 5.94. The van der Waals surface area contributed by atoms with Crippen LogP contribution < -0.4 is 0 Å². The fourth-order valence-electron chi connectivity index (χ4n) is 3.27. The molecule has 0 aromatic carbocycles. The van der Waals surface area contributed by atoms with Gasteiger partial charge in [-0.3, -0.25) is 9.48 Å². The molecular formula is C16H21F2N5O. The van der Waals surface area contributed by atoms with E-state index >= 15 is 0 Å². The van der Waals surface area contributed by atoms with Crippen LogP contribution in [0, 0.1) is 0 Å². The summed E-state index contributed by atoms with van der Waals surface area (Å²) in [6, 6.07) is 1.68. The van der Waals surface area contributed by atoms with E-state index < -0.39 is 13.0 Å². The molecule has 0 N–H and O–H groups in total. The molecule has 1 aliphatic heterocycles. The topological polar surface area (TPSA) is 56.0 Å². The third-order valence-electron chi connectivity index (χ3n) is 4.39. The molecule has 0 saturated carbocycles. The molecule has 1 amide bonds. The number of hydrogen-bond acceptors (Lipinski definition) is 3. The first-order valence-corrected chi connectivity index (χ1v) is 8.21. The standard InChI is InChI=1S/C16H21F2N5O/c1-2-15-19-7-9-22(15)12-4-3-8-21(10-12)16(24)13-5-6-20-23(13)11-14(17)18/h5-7,9,12,14H,2-4,8,10-11H2,1H3. The Balaban J connectivity index is 1.75. The van der Waals surface area contributed by atoms with Gasteiger partial charge < -0.3 is 9.47 Å². The lowest BCUT2D eigenvalue weighted by atomic mass is 10.0. The fourth-order valence-corrected chi connectivity index (χ4v) is 3.27. The van der Waals surface area contributed by atoms with Crippen LogP contribution in [-0.4, -0.2) is 49.7 Å². The predicted octanol–water partition coefficient (Wildman–Crippen LogP) is 2.38. The van der Waals surface area contributed by atoms with Gasteiger partial charge in [0, 0.05) is 38.1 Å². The van der Waals surface area contributed by atoms with Gasteiger partial charge in [-0.25, -0.2) is 13.8 Å². The van der Waals surface area contributed by atoms with Crippen molar-refractivity contribution in [3.05, 3.63) is 36.2 Å². The quantitative estimate of drug-likeness (QED) is 0.842. The molecule has 6 nitrogen and oxygen atoms in total. The van der Waals surface area contributed by atoms with E-state index in [1.54, 1.807) is 11.1 Å². The summed E-state index contributed by atoms with van der Waals surface area (Å²) in [5.74, 6) is 0.757. The number of rotatable bonds is 5. The molecular weight excluding hydrogens is 316 g/mol. The van der Waals surface area contributed by atoms with Crippen LogP contribution in [0.25, 0.3) is 0 Å². The van der Waals surface area contributed by atoms with Crippen LogP contribution in [0.2, 0.25) is 0 Å². The Morgan fingerprint density at radius 3 is 3.00 bits per heavy atom. The maximum absolute atomic E-state index is 12.7. The van der Waals surface area contributed by atoms with Gasteiger partial charge >= 0.3 is 0 Å². The number of halogens is 2. The number of carbonyl (C=O) groups excluding carboxylic acids is 1. The smallest absolute Gasteiger partial charge is 0.272 e. The molecule has 130 valence electrons. The number of imidazole rings is 1. The Bertz CT molecular complexity index is 696. The summed E-state index contributed by atoms with van der Waals surface area (Å²) < 4.78 is 28.4. The molecule has 1 unspecified atom stereocenters. The van der Waals surface area contributed by atoms with Gasteiger partial charge in [0.2, 0.25) is 0 Å². The highest BCUT2D eigenvalue weighted by molar-refractivity contribution is 5.92. The van der Waals surface area contributed by atoms with Gasteiger partial charge in [0.1, 0.15) is 18.1 Å². The number of hydrogen-bond donors (Lipinski definition) is 0. The van der Waals surface area contributed by atoms with Gasteiger partial charge in [-0.15, -0.1) is 0 Å². The summed E-state index contributed by atoms with van der Waals surface area (Å²) in [7, 11) is 0. The summed E-state index contributed by atoms with van der Waals surface area (Å²) in [4.78, 5) is 18.8. The van der Waals surface area contributed by atoms with Crippen molar-refractivity contribution in [1.29, 1.82) is 0 Å². The van der Waals surface area contributed by atoms with E-state index in [-0.39, 0.29) is 17.6 Å². The number of nitrogens with zero attached hydrogens (tertiary/aromatic N) is 5. The Labute approximate surface area is 139 Å². The first kappa shape index (κ1) is 16.6. The zero-order valence-corrected chi connectivity index (χ0v) is 13.6. The molecule has 3 rings (SSSR count). The maximum Gasteiger partial charge on any atom is 0.272 e. The van der Waals surface area contributed by atoms with Crippen molar-refractivity contribution in [3.8, 4) is 0 Å². The first-order valence-electron chi connectivity index (χ1n) is 8.21. The van der Waals surface area contributed by atoms with Crippen LogP contribution >= 0.6 is 0 Å². The van der Waals surface area contributed by atoms with Gasteiger partial charge in [0.05, 0.1) is 6.04 Å². The number of alkyl halides is 2. The molecule has 1 aliphatic rings. The van der Waals surface area contributed by atoms with Crippen molar-refractivity contribution >= 4 is 5.91 Å². The van der Waals surface area contributed by atoms with Crippen molar-refractivity contribution < 1.29 is 13.6 Å². The molecule has 0 spiro atoms. The van der Waals surface area contributed by atoms with Crippen molar-refractivity contribution in [2.75, 3.05) is 13.1 Å². The predicted molar refractivity (Wildman–Crippen MR) is 84.0 cm³/mol. The molecule has 1 fully saturated rings. The van der Waals surface area contributed by atoms with Gasteiger partial charge in [-0.2, -0.15) is 5.10 Å². The second-order valence-corrected chi connectivity index (χ2v) is 5.94. The van der Waals surface area contributed by atoms with E-state index in [0.717, 1.165) is 29.8 Å². The highest BCUT2D eigenvalue weighted by atomic mass is 19.3. The third kappa shape index (κ3) is 3.32. The van der Waals surface area contributed by atoms with Crippen LogP contribution in [0.4, 0.5) is 8.78 Å². The maximum atomic E-state index is 12.7. The summed E-state index contributed by atoms with van der Waals surface area (Å²) in [6.45, 7) is 2.67. The Hall–Kier alpha value is -2.25. The van der Waals surface area contributed by atoms with Gasteiger partial charge in [-0.1, -0.05) is 6.92 Å². The number of aromatic nitrogens is 4. The molecule has 1 atom stereocenters. The van der Waals surface area contributed by atoms with E-state index in [4.69, 9.17) is 0 Å². The van der Waals surface area contributed by atoms with Crippen LogP contribution in [0.5, 0.6) is 0 Å². The van der Waals surface area contributed by atoms with Gasteiger partial charge in [0.15, 0.2) is 0 Å². The van der Waals surface area contributed by atoms with Crippen LogP contribution in [0.1, 0.15) is 42.1 Å². The average molecular weight is 337 g/mol. The average Bonchev–Trinajstić information content (AvgIpc) is 3.22. The third-order valence-corrected chi connectivity index (χ3v) is 4.39. The molecule has 0 radical (unpaired) electrons. The fraction of sp³-hybridized carbons (Fsp3) is 0.562. The van der Waals surface area contributed by atoms with Crippen molar-refractivity contribution in [2.24, 2.45) is 0 Å². The normalized spacial score (nSPS) is 18.3. The highest BCUT2D eigenvalue weighted by Crippen LogP contribution is 2.24. The van der Waals surface area contributed by atoms with E-state index in [1.807, 2.05) is 13.1 Å². The number of piperidine rings is 1. The zero-order valence-electron chi connectivity index (χ0n) is 13.6. The number of likely N-dealkylation sites (tertiary alicyclic amines) is 1. The van der Waals surface area contributed by atoms with Crippen LogP contribution in [-0.2, 0) is 13.0 Å². The molecule has 8 heteroatoms. The second kappa shape index (κ2) is 7.11. The van der Waals surface area contributed by atoms with Crippen molar-refractivity contribution in [1.82, 2.24) is 24.2 Å². The van der Waals surface area contributed by atoms with Gasteiger partial charge in [0.25, 0.3) is 12.3 Å². The summed E-state index contributed by atoms with van der Waals surface area (Å²) >= 11 is 0. The first-order chi connectivity index (χ1) is 11.6. The van der Waals surface area contributed by atoms with E-state index in [0.29, 0.717) is 13.1 Å². The molecule has 2 aromatic rings. The van der Waals surface area contributed by atoms with E-state index in [1.165, 1.54) is 12.3 Å². The summed E-state index contributed by atoms with van der Waals surface area (Å²) in [5, 5.41) is 3.84. The largest absolute Gasteiger partial charge is 0.335 e. The van der Waals surface area contributed by atoms with Crippen LogP contribution in [0.15, 0.2) is 24.7 Å². The monoisotopic (exact) mass is 337 g/mol. The summed E-state index contributed by atoms with van der Waals surface area (Å²) in [5.41, 5.74) is 0.220. The highest BCUT2D eigenvalue weighted by Gasteiger charge is 2.28. The molecule has 3 heterocycles. The molecule has 24 heavy (non-hydrogen) atoms. The van der Waals surface area contributed by atoms with E-state index in [9.17, 15) is 13.6 Å². The SMILES string of the molecule is CCc1nccn1C1CCCN(C(=O)c2ccnn2CC(F)F)C1. The minimum atomic E-state index is -2.54. The Morgan fingerprint density at radius 1 is 1.42 bits per heavy atom. The van der Waals surface area contributed by atoms with Crippen LogP contribution in [0.3, 0.4) is 0 Å². The van der Waals surface area contributed by atoms with E-state index in [2.05, 4.69) is 14.6 Å². The zero-order chi connectivity index (χ0) is 17.1. The number of carbonyl (C=O) groups is 1.